The Morgan fingerprint density at radius 3 is 2.24 bits per heavy atom. The Morgan fingerprint density at radius 1 is 1.24 bits per heavy atom. The van der Waals surface area contributed by atoms with E-state index in [0.29, 0.717) is 12.6 Å². The number of alkyl halides is 3. The average molecular weight is 252 g/mol. The van der Waals surface area contributed by atoms with Crippen molar-refractivity contribution in [2.75, 3.05) is 19.6 Å². The van der Waals surface area contributed by atoms with Crippen LogP contribution >= 0.6 is 0 Å². The Morgan fingerprint density at radius 2 is 1.82 bits per heavy atom. The first-order chi connectivity index (χ1) is 7.78. The molecule has 0 amide bonds. The molecule has 0 aromatic heterocycles. The third-order valence-electron chi connectivity index (χ3n) is 2.87. The number of halogens is 3. The predicted molar refractivity (Wildman–Crippen MR) is 63.0 cm³/mol. The highest BCUT2D eigenvalue weighted by atomic mass is 19.4. The summed E-state index contributed by atoms with van der Waals surface area (Å²) in [5.41, 5.74) is 0. The van der Waals surface area contributed by atoms with Gasteiger partial charge in [-0.15, -0.1) is 0 Å². The second kappa shape index (κ2) is 6.05. The fourth-order valence-corrected chi connectivity index (χ4v) is 1.91. The van der Waals surface area contributed by atoms with Crippen LogP contribution in [0.25, 0.3) is 0 Å². The van der Waals surface area contributed by atoms with Crippen LogP contribution in [-0.2, 0) is 0 Å². The minimum atomic E-state index is -4.08. The Hall–Kier alpha value is -0.290. The van der Waals surface area contributed by atoms with Crippen LogP contribution in [0.15, 0.2) is 0 Å². The Bertz CT molecular complexity index is 224. The quantitative estimate of drug-likeness (QED) is 0.749. The number of hydrogen-bond acceptors (Lipinski definition) is 2. The van der Waals surface area contributed by atoms with E-state index in [9.17, 15) is 13.2 Å². The zero-order valence-electron chi connectivity index (χ0n) is 10.8. The van der Waals surface area contributed by atoms with Crippen LogP contribution in [0.2, 0.25) is 0 Å². The lowest BCUT2D eigenvalue weighted by Crippen LogP contribution is -2.41. The molecule has 0 bridgehead atoms. The van der Waals surface area contributed by atoms with Crippen molar-refractivity contribution in [1.29, 1.82) is 0 Å². The molecule has 0 heterocycles. The molecule has 0 spiro atoms. The lowest BCUT2D eigenvalue weighted by atomic mass is 10.1. The summed E-state index contributed by atoms with van der Waals surface area (Å²) in [5, 5.41) is 3.26. The summed E-state index contributed by atoms with van der Waals surface area (Å²) < 4.78 is 37.2. The molecule has 0 radical (unpaired) electrons. The van der Waals surface area contributed by atoms with Crippen molar-refractivity contribution in [2.24, 2.45) is 5.92 Å². The topological polar surface area (TPSA) is 15.3 Å². The number of nitrogens with one attached hydrogen (secondary N) is 1. The predicted octanol–water partition coefficient (Wildman–Crippen LogP) is 2.65. The standard InChI is InChI=1S/C12H23F3N2/c1-9(2)16-6-10(3)7-17(11-4-5-11)8-12(13,14)15/h9-11,16H,4-8H2,1-3H3. The van der Waals surface area contributed by atoms with Crippen LogP contribution in [0.5, 0.6) is 0 Å². The summed E-state index contributed by atoms with van der Waals surface area (Å²) >= 11 is 0. The van der Waals surface area contributed by atoms with E-state index < -0.39 is 12.7 Å². The highest BCUT2D eigenvalue weighted by molar-refractivity contribution is 4.86. The normalized spacial score (nSPS) is 19.1. The highest BCUT2D eigenvalue weighted by Crippen LogP contribution is 2.30. The number of rotatable bonds is 7. The van der Waals surface area contributed by atoms with Crippen LogP contribution in [0, 0.1) is 5.92 Å². The van der Waals surface area contributed by atoms with E-state index in [1.54, 1.807) is 4.90 Å². The smallest absolute Gasteiger partial charge is 0.314 e. The number of nitrogens with zero attached hydrogens (tertiary/aromatic N) is 1. The Balaban J connectivity index is 2.33. The molecule has 0 aromatic rings. The van der Waals surface area contributed by atoms with Gasteiger partial charge in [0.05, 0.1) is 6.54 Å². The van der Waals surface area contributed by atoms with E-state index in [0.717, 1.165) is 19.4 Å². The molecule has 1 fully saturated rings. The second-order valence-electron chi connectivity index (χ2n) is 5.44. The van der Waals surface area contributed by atoms with Gasteiger partial charge in [-0.05, 0) is 25.3 Å². The van der Waals surface area contributed by atoms with Crippen LogP contribution in [0.4, 0.5) is 13.2 Å². The molecule has 1 rings (SSSR count). The van der Waals surface area contributed by atoms with Crippen LogP contribution in [0.3, 0.4) is 0 Å². The summed E-state index contributed by atoms with van der Waals surface area (Å²) in [6, 6.07) is 0.549. The highest BCUT2D eigenvalue weighted by Gasteiger charge is 2.38. The van der Waals surface area contributed by atoms with Gasteiger partial charge in [0, 0.05) is 18.6 Å². The van der Waals surface area contributed by atoms with Gasteiger partial charge in [-0.1, -0.05) is 20.8 Å². The lowest BCUT2D eigenvalue weighted by molar-refractivity contribution is -0.148. The molecule has 1 aliphatic rings. The van der Waals surface area contributed by atoms with E-state index in [-0.39, 0.29) is 12.0 Å². The molecule has 1 aliphatic carbocycles. The first kappa shape index (κ1) is 14.8. The minimum absolute atomic E-state index is 0.165. The molecule has 17 heavy (non-hydrogen) atoms. The molecule has 0 saturated heterocycles. The van der Waals surface area contributed by atoms with Crippen molar-refractivity contribution < 1.29 is 13.2 Å². The van der Waals surface area contributed by atoms with Gasteiger partial charge in [-0.2, -0.15) is 13.2 Å². The van der Waals surface area contributed by atoms with E-state index in [2.05, 4.69) is 5.32 Å². The van der Waals surface area contributed by atoms with Gasteiger partial charge in [-0.25, -0.2) is 0 Å². The molecular weight excluding hydrogens is 229 g/mol. The Kier molecular flexibility index (Phi) is 5.25. The van der Waals surface area contributed by atoms with Gasteiger partial charge < -0.3 is 5.32 Å². The summed E-state index contributed by atoms with van der Waals surface area (Å²) in [5.74, 6) is 0.250. The minimum Gasteiger partial charge on any atom is -0.314 e. The van der Waals surface area contributed by atoms with Gasteiger partial charge in [0.15, 0.2) is 0 Å². The molecule has 1 atom stereocenters. The van der Waals surface area contributed by atoms with E-state index in [1.165, 1.54) is 0 Å². The maximum absolute atomic E-state index is 12.4. The van der Waals surface area contributed by atoms with Crippen molar-refractivity contribution in [2.45, 2.75) is 51.9 Å². The van der Waals surface area contributed by atoms with Gasteiger partial charge in [-0.3, -0.25) is 4.90 Å². The van der Waals surface area contributed by atoms with Crippen molar-refractivity contribution in [1.82, 2.24) is 10.2 Å². The molecule has 0 aromatic carbocycles. The van der Waals surface area contributed by atoms with Crippen molar-refractivity contribution in [3.63, 3.8) is 0 Å². The maximum atomic E-state index is 12.4. The third-order valence-corrected chi connectivity index (χ3v) is 2.87. The monoisotopic (exact) mass is 252 g/mol. The van der Waals surface area contributed by atoms with Crippen molar-refractivity contribution in [3.05, 3.63) is 0 Å². The fraction of sp³-hybridized carbons (Fsp3) is 1.00. The number of hydrogen-bond donors (Lipinski definition) is 1. The van der Waals surface area contributed by atoms with Crippen molar-refractivity contribution in [3.8, 4) is 0 Å². The van der Waals surface area contributed by atoms with Crippen molar-refractivity contribution >= 4 is 0 Å². The average Bonchev–Trinajstić information content (AvgIpc) is 2.94. The summed E-state index contributed by atoms with van der Waals surface area (Å²) in [6.45, 7) is 6.63. The first-order valence-corrected chi connectivity index (χ1v) is 6.32. The molecule has 5 heteroatoms. The molecule has 1 unspecified atom stereocenters. The van der Waals surface area contributed by atoms with Crippen LogP contribution in [-0.4, -0.2) is 42.8 Å². The third kappa shape index (κ3) is 6.88. The summed E-state index contributed by atoms with van der Waals surface area (Å²) in [4.78, 5) is 1.59. The Labute approximate surface area is 102 Å². The zero-order valence-corrected chi connectivity index (χ0v) is 10.8. The van der Waals surface area contributed by atoms with Gasteiger partial charge in [0.2, 0.25) is 0 Å². The molecular formula is C12H23F3N2. The molecule has 0 aliphatic heterocycles. The SMILES string of the molecule is CC(CNC(C)C)CN(CC(F)(F)F)C1CC1. The molecule has 2 nitrogen and oxygen atoms in total. The molecule has 1 N–H and O–H groups in total. The first-order valence-electron chi connectivity index (χ1n) is 6.32. The largest absolute Gasteiger partial charge is 0.401 e. The van der Waals surface area contributed by atoms with Gasteiger partial charge in [0.1, 0.15) is 0 Å². The lowest BCUT2D eigenvalue weighted by Gasteiger charge is -2.27. The van der Waals surface area contributed by atoms with E-state index in [4.69, 9.17) is 0 Å². The van der Waals surface area contributed by atoms with Gasteiger partial charge in [0.25, 0.3) is 0 Å². The second-order valence-corrected chi connectivity index (χ2v) is 5.44. The van der Waals surface area contributed by atoms with E-state index in [1.807, 2.05) is 20.8 Å². The van der Waals surface area contributed by atoms with Crippen LogP contribution < -0.4 is 5.32 Å². The fourth-order valence-electron chi connectivity index (χ4n) is 1.91. The summed E-state index contributed by atoms with van der Waals surface area (Å²) in [6.07, 6.45) is -2.24. The summed E-state index contributed by atoms with van der Waals surface area (Å²) in [7, 11) is 0. The van der Waals surface area contributed by atoms with E-state index >= 15 is 0 Å². The zero-order chi connectivity index (χ0) is 13.1. The van der Waals surface area contributed by atoms with Crippen LogP contribution in [0.1, 0.15) is 33.6 Å². The molecule has 102 valence electrons. The maximum Gasteiger partial charge on any atom is 0.401 e. The molecule has 1 saturated carbocycles. The van der Waals surface area contributed by atoms with Gasteiger partial charge >= 0.3 is 6.18 Å².